The molecule has 1 aliphatic rings. The Labute approximate surface area is 84.1 Å². The molecule has 0 aliphatic heterocycles. The lowest BCUT2D eigenvalue weighted by atomic mass is 9.70. The molecule has 0 radical (unpaired) electrons. The Morgan fingerprint density at radius 3 is 2.54 bits per heavy atom. The van der Waals surface area contributed by atoms with Gasteiger partial charge in [0.25, 0.3) is 0 Å². The normalized spacial score (nSPS) is 34.8. The first-order valence-corrected chi connectivity index (χ1v) is 6.29. The minimum absolute atomic E-state index is 1.00. The van der Waals surface area contributed by atoms with E-state index in [0.29, 0.717) is 0 Å². The first-order chi connectivity index (χ1) is 6.29. The van der Waals surface area contributed by atoms with Gasteiger partial charge in [0.05, 0.1) is 0 Å². The molecule has 1 aliphatic carbocycles. The second-order valence-corrected chi connectivity index (χ2v) is 4.88. The van der Waals surface area contributed by atoms with E-state index in [9.17, 15) is 0 Å². The standard InChI is InChI=1S/C13H26/c1-4-6-10-13-11(3)8-7-9-12(13)5-2/h11-13H,4-10H2,1-3H3. The van der Waals surface area contributed by atoms with E-state index in [0.717, 1.165) is 17.8 Å². The smallest absolute Gasteiger partial charge is 0.0360 e. The number of hydrogen-bond acceptors (Lipinski definition) is 0. The van der Waals surface area contributed by atoms with Crippen molar-refractivity contribution < 1.29 is 0 Å². The fourth-order valence-electron chi connectivity index (χ4n) is 3.06. The molecule has 0 aromatic heterocycles. The second kappa shape index (κ2) is 5.67. The molecule has 0 nitrogen and oxygen atoms in total. The first-order valence-electron chi connectivity index (χ1n) is 6.29. The van der Waals surface area contributed by atoms with Crippen LogP contribution >= 0.6 is 0 Å². The molecular formula is C13H26. The molecule has 78 valence electrons. The lowest BCUT2D eigenvalue weighted by molar-refractivity contribution is 0.147. The maximum atomic E-state index is 2.47. The van der Waals surface area contributed by atoms with E-state index in [4.69, 9.17) is 0 Å². The molecule has 0 N–H and O–H groups in total. The van der Waals surface area contributed by atoms with E-state index in [-0.39, 0.29) is 0 Å². The highest BCUT2D eigenvalue weighted by Gasteiger charge is 2.28. The number of rotatable bonds is 4. The van der Waals surface area contributed by atoms with Gasteiger partial charge in [-0.05, 0) is 24.2 Å². The predicted octanol–water partition coefficient (Wildman–Crippen LogP) is 4.64. The van der Waals surface area contributed by atoms with E-state index >= 15 is 0 Å². The minimum Gasteiger partial charge on any atom is -0.0654 e. The van der Waals surface area contributed by atoms with Crippen LogP contribution < -0.4 is 0 Å². The molecule has 3 unspecified atom stereocenters. The molecule has 0 spiro atoms. The number of unbranched alkanes of at least 4 members (excludes halogenated alkanes) is 1. The lowest BCUT2D eigenvalue weighted by Crippen LogP contribution is -2.26. The summed E-state index contributed by atoms with van der Waals surface area (Å²) in [5.41, 5.74) is 0. The van der Waals surface area contributed by atoms with E-state index < -0.39 is 0 Å². The zero-order chi connectivity index (χ0) is 9.68. The molecule has 0 saturated heterocycles. The van der Waals surface area contributed by atoms with Crippen molar-refractivity contribution in [2.45, 2.75) is 65.7 Å². The summed E-state index contributed by atoms with van der Waals surface area (Å²) in [6, 6.07) is 0. The van der Waals surface area contributed by atoms with E-state index in [2.05, 4.69) is 20.8 Å². The Balaban J connectivity index is 2.41. The Morgan fingerprint density at radius 2 is 1.92 bits per heavy atom. The zero-order valence-corrected chi connectivity index (χ0v) is 9.68. The monoisotopic (exact) mass is 182 g/mol. The summed E-state index contributed by atoms with van der Waals surface area (Å²) in [6.07, 6.45) is 10.2. The van der Waals surface area contributed by atoms with Gasteiger partial charge in [0, 0.05) is 0 Å². The van der Waals surface area contributed by atoms with Crippen LogP contribution in [-0.2, 0) is 0 Å². The summed E-state index contributed by atoms with van der Waals surface area (Å²) in [7, 11) is 0. The van der Waals surface area contributed by atoms with Crippen LogP contribution in [0.1, 0.15) is 65.7 Å². The third-order valence-electron chi connectivity index (χ3n) is 3.99. The van der Waals surface area contributed by atoms with Crippen molar-refractivity contribution in [1.29, 1.82) is 0 Å². The van der Waals surface area contributed by atoms with Gasteiger partial charge in [-0.15, -0.1) is 0 Å². The van der Waals surface area contributed by atoms with Gasteiger partial charge in [-0.1, -0.05) is 59.3 Å². The van der Waals surface area contributed by atoms with Gasteiger partial charge in [0.15, 0.2) is 0 Å². The third kappa shape index (κ3) is 3.00. The van der Waals surface area contributed by atoms with Gasteiger partial charge >= 0.3 is 0 Å². The van der Waals surface area contributed by atoms with Crippen LogP contribution in [0, 0.1) is 17.8 Å². The summed E-state index contributed by atoms with van der Waals surface area (Å²) < 4.78 is 0. The molecule has 13 heavy (non-hydrogen) atoms. The van der Waals surface area contributed by atoms with E-state index in [1.165, 1.54) is 44.9 Å². The van der Waals surface area contributed by atoms with Crippen LogP contribution in [0.2, 0.25) is 0 Å². The topological polar surface area (TPSA) is 0 Å². The average molecular weight is 182 g/mol. The predicted molar refractivity (Wildman–Crippen MR) is 59.8 cm³/mol. The molecule has 1 rings (SSSR count). The van der Waals surface area contributed by atoms with Gasteiger partial charge in [0.1, 0.15) is 0 Å². The molecule has 0 amide bonds. The van der Waals surface area contributed by atoms with Crippen molar-refractivity contribution in [2.75, 3.05) is 0 Å². The fourth-order valence-corrected chi connectivity index (χ4v) is 3.06. The van der Waals surface area contributed by atoms with Crippen molar-refractivity contribution in [3.05, 3.63) is 0 Å². The summed E-state index contributed by atoms with van der Waals surface area (Å²) in [5.74, 6) is 3.11. The molecule has 0 heteroatoms. The van der Waals surface area contributed by atoms with E-state index in [1.54, 1.807) is 0 Å². The Kier molecular flexibility index (Phi) is 4.83. The maximum Gasteiger partial charge on any atom is -0.0360 e. The van der Waals surface area contributed by atoms with Crippen molar-refractivity contribution in [2.24, 2.45) is 17.8 Å². The Morgan fingerprint density at radius 1 is 1.15 bits per heavy atom. The van der Waals surface area contributed by atoms with Gasteiger partial charge in [-0.2, -0.15) is 0 Å². The quantitative estimate of drug-likeness (QED) is 0.594. The van der Waals surface area contributed by atoms with Crippen LogP contribution in [0.25, 0.3) is 0 Å². The SMILES string of the molecule is CCCCC1C(C)CCCC1CC. The van der Waals surface area contributed by atoms with Crippen LogP contribution in [0.3, 0.4) is 0 Å². The van der Waals surface area contributed by atoms with Crippen molar-refractivity contribution in [3.8, 4) is 0 Å². The van der Waals surface area contributed by atoms with E-state index in [1.807, 2.05) is 0 Å². The molecule has 0 aromatic rings. The van der Waals surface area contributed by atoms with Gasteiger partial charge in [-0.3, -0.25) is 0 Å². The zero-order valence-electron chi connectivity index (χ0n) is 9.68. The van der Waals surface area contributed by atoms with Crippen molar-refractivity contribution >= 4 is 0 Å². The average Bonchev–Trinajstić information content (AvgIpc) is 2.15. The van der Waals surface area contributed by atoms with Crippen molar-refractivity contribution in [3.63, 3.8) is 0 Å². The first kappa shape index (κ1) is 11.1. The van der Waals surface area contributed by atoms with Crippen LogP contribution in [-0.4, -0.2) is 0 Å². The van der Waals surface area contributed by atoms with Gasteiger partial charge in [-0.25, -0.2) is 0 Å². The van der Waals surface area contributed by atoms with Gasteiger partial charge < -0.3 is 0 Å². The van der Waals surface area contributed by atoms with Gasteiger partial charge in [0.2, 0.25) is 0 Å². The summed E-state index contributed by atoms with van der Waals surface area (Å²) in [6.45, 7) is 7.16. The maximum absolute atomic E-state index is 2.47. The molecule has 1 fully saturated rings. The Hall–Kier alpha value is 0. The Bertz CT molecular complexity index is 128. The second-order valence-electron chi connectivity index (χ2n) is 4.88. The lowest BCUT2D eigenvalue weighted by Gasteiger charge is -2.36. The van der Waals surface area contributed by atoms with Crippen molar-refractivity contribution in [1.82, 2.24) is 0 Å². The molecule has 1 saturated carbocycles. The largest absolute Gasteiger partial charge is 0.0654 e. The van der Waals surface area contributed by atoms with Crippen LogP contribution in [0.4, 0.5) is 0 Å². The molecular weight excluding hydrogens is 156 g/mol. The summed E-state index contributed by atoms with van der Waals surface area (Å²) in [4.78, 5) is 0. The fraction of sp³-hybridized carbons (Fsp3) is 1.00. The third-order valence-corrected chi connectivity index (χ3v) is 3.99. The highest BCUT2D eigenvalue weighted by atomic mass is 14.3. The highest BCUT2D eigenvalue weighted by Crippen LogP contribution is 2.39. The summed E-state index contributed by atoms with van der Waals surface area (Å²) >= 11 is 0. The highest BCUT2D eigenvalue weighted by molar-refractivity contribution is 4.79. The molecule has 0 bridgehead atoms. The molecule has 0 aromatic carbocycles. The minimum atomic E-state index is 1.00. The summed E-state index contributed by atoms with van der Waals surface area (Å²) in [5, 5.41) is 0. The van der Waals surface area contributed by atoms with Crippen LogP contribution in [0.15, 0.2) is 0 Å². The van der Waals surface area contributed by atoms with Crippen LogP contribution in [0.5, 0.6) is 0 Å². The number of hydrogen-bond donors (Lipinski definition) is 0. The molecule has 3 atom stereocenters. The molecule has 0 heterocycles.